The lowest BCUT2D eigenvalue weighted by atomic mass is 10.1. The summed E-state index contributed by atoms with van der Waals surface area (Å²) in [6.45, 7) is 4.51. The zero-order valence-electron chi connectivity index (χ0n) is 20.4. The summed E-state index contributed by atoms with van der Waals surface area (Å²) in [5, 5.41) is 1.88. The van der Waals surface area contributed by atoms with Crippen LogP contribution in [0.2, 0.25) is 5.02 Å². The first-order chi connectivity index (χ1) is 17.9. The van der Waals surface area contributed by atoms with Gasteiger partial charge in [-0.25, -0.2) is 9.18 Å². The Hall–Kier alpha value is -3.65. The highest BCUT2D eigenvalue weighted by molar-refractivity contribution is 6.31. The van der Waals surface area contributed by atoms with Gasteiger partial charge in [-0.1, -0.05) is 11.6 Å². The van der Waals surface area contributed by atoms with E-state index in [0.29, 0.717) is 42.4 Å². The van der Waals surface area contributed by atoms with Crippen molar-refractivity contribution in [1.82, 2.24) is 9.55 Å². The molecule has 7 nitrogen and oxygen atoms in total. The van der Waals surface area contributed by atoms with Gasteiger partial charge in [-0.05, 0) is 56.2 Å². The molecule has 2 fully saturated rings. The molecule has 37 heavy (non-hydrogen) atoms. The highest BCUT2D eigenvalue weighted by atomic mass is 35.5. The monoisotopic (exact) mass is 520 g/mol. The zero-order chi connectivity index (χ0) is 25.7. The maximum Gasteiger partial charge on any atom is 0.343 e. The predicted molar refractivity (Wildman–Crippen MR) is 144 cm³/mol. The SMILES string of the molecule is CCOC(=O)c1cn(C2CC2)c2cc(N3CCN(c4ccnc5cc(Cl)ccc45)CC3)c(F)cc2c1=O. The molecule has 3 heterocycles. The summed E-state index contributed by atoms with van der Waals surface area (Å²) in [5.41, 5.74) is 2.49. The van der Waals surface area contributed by atoms with E-state index in [4.69, 9.17) is 16.3 Å². The lowest BCUT2D eigenvalue weighted by molar-refractivity contribution is 0.0524. The first kappa shape index (κ1) is 23.7. The van der Waals surface area contributed by atoms with Crippen molar-refractivity contribution in [3.63, 3.8) is 0 Å². The lowest BCUT2D eigenvalue weighted by Crippen LogP contribution is -2.47. The molecular formula is C28H26ClFN4O3. The van der Waals surface area contributed by atoms with Gasteiger partial charge in [0.1, 0.15) is 11.4 Å². The average molecular weight is 521 g/mol. The summed E-state index contributed by atoms with van der Waals surface area (Å²) in [4.78, 5) is 34.2. The molecule has 2 aromatic heterocycles. The predicted octanol–water partition coefficient (Wildman–Crippen LogP) is 5.18. The number of pyridine rings is 2. The van der Waals surface area contributed by atoms with Crippen LogP contribution in [0.3, 0.4) is 0 Å². The van der Waals surface area contributed by atoms with Crippen molar-refractivity contribution in [2.45, 2.75) is 25.8 Å². The van der Waals surface area contributed by atoms with Crippen molar-refractivity contribution in [2.24, 2.45) is 0 Å². The van der Waals surface area contributed by atoms with Crippen LogP contribution in [-0.4, -0.2) is 48.3 Å². The molecule has 0 radical (unpaired) electrons. The molecule has 1 aliphatic heterocycles. The maximum absolute atomic E-state index is 15.4. The quantitative estimate of drug-likeness (QED) is 0.338. The molecule has 9 heteroatoms. The van der Waals surface area contributed by atoms with Gasteiger partial charge in [0.2, 0.25) is 5.43 Å². The number of esters is 1. The fourth-order valence-corrected chi connectivity index (χ4v) is 5.35. The maximum atomic E-state index is 15.4. The molecule has 1 saturated heterocycles. The van der Waals surface area contributed by atoms with Crippen LogP contribution in [-0.2, 0) is 4.74 Å². The van der Waals surface area contributed by atoms with Crippen LogP contribution in [0.5, 0.6) is 0 Å². The standard InChI is InChI=1S/C28H26ClFN4O3/c1-2-37-28(36)21-16-34(18-4-5-18)25-15-26(22(30)14-20(25)27(21)35)33-11-9-32(10-12-33)24-7-8-31-23-13-17(29)3-6-19(23)24/h3,6-8,13-16,18H,2,4-5,9-12H2,1H3. The second-order valence-electron chi connectivity index (χ2n) is 9.52. The molecule has 1 saturated carbocycles. The number of halogens is 2. The van der Waals surface area contributed by atoms with Crippen molar-refractivity contribution in [2.75, 3.05) is 42.6 Å². The molecule has 190 valence electrons. The molecule has 0 N–H and O–H groups in total. The summed E-state index contributed by atoms with van der Waals surface area (Å²) < 4.78 is 22.5. The van der Waals surface area contributed by atoms with Crippen molar-refractivity contribution >= 4 is 50.8 Å². The van der Waals surface area contributed by atoms with Crippen LogP contribution in [0.1, 0.15) is 36.2 Å². The first-order valence-corrected chi connectivity index (χ1v) is 12.9. The minimum Gasteiger partial charge on any atom is -0.462 e. The number of aromatic nitrogens is 2. The van der Waals surface area contributed by atoms with E-state index in [1.54, 1.807) is 25.4 Å². The number of benzene rings is 2. The van der Waals surface area contributed by atoms with Crippen LogP contribution in [0, 0.1) is 5.82 Å². The van der Waals surface area contributed by atoms with E-state index < -0.39 is 17.2 Å². The second-order valence-corrected chi connectivity index (χ2v) is 9.95. The summed E-state index contributed by atoms with van der Waals surface area (Å²) >= 11 is 6.14. The van der Waals surface area contributed by atoms with Crippen molar-refractivity contribution in [3.8, 4) is 0 Å². The summed E-state index contributed by atoms with van der Waals surface area (Å²) in [6.07, 6.45) is 5.28. The number of fused-ring (bicyclic) bond motifs is 2. The Bertz CT molecular complexity index is 1590. The molecule has 1 aliphatic carbocycles. The molecular weight excluding hydrogens is 495 g/mol. The highest BCUT2D eigenvalue weighted by Crippen LogP contribution is 2.38. The highest BCUT2D eigenvalue weighted by Gasteiger charge is 2.29. The zero-order valence-corrected chi connectivity index (χ0v) is 21.2. The Morgan fingerprint density at radius 2 is 1.78 bits per heavy atom. The van der Waals surface area contributed by atoms with Crippen molar-refractivity contribution < 1.29 is 13.9 Å². The Morgan fingerprint density at radius 3 is 2.49 bits per heavy atom. The Morgan fingerprint density at radius 1 is 1.05 bits per heavy atom. The fraction of sp³-hybridized carbons (Fsp3) is 0.321. The largest absolute Gasteiger partial charge is 0.462 e. The minimum atomic E-state index is -0.671. The molecule has 0 spiro atoms. The van der Waals surface area contributed by atoms with E-state index in [0.717, 1.165) is 29.4 Å². The van der Waals surface area contributed by atoms with Gasteiger partial charge < -0.3 is 19.1 Å². The minimum absolute atomic E-state index is 0.0483. The third-order valence-corrected chi connectivity index (χ3v) is 7.41. The van der Waals surface area contributed by atoms with Gasteiger partial charge in [-0.15, -0.1) is 0 Å². The third-order valence-electron chi connectivity index (χ3n) is 7.18. The van der Waals surface area contributed by atoms with Gasteiger partial charge in [0, 0.05) is 66.1 Å². The van der Waals surface area contributed by atoms with E-state index in [9.17, 15) is 9.59 Å². The number of carbonyl (C=O) groups excluding carboxylic acids is 1. The molecule has 2 aliphatic rings. The third kappa shape index (κ3) is 4.29. The van der Waals surface area contributed by atoms with E-state index >= 15 is 4.39 Å². The smallest absolute Gasteiger partial charge is 0.343 e. The van der Waals surface area contributed by atoms with Gasteiger partial charge in [0.05, 0.1) is 23.3 Å². The van der Waals surface area contributed by atoms with Crippen LogP contribution < -0.4 is 15.2 Å². The summed E-state index contributed by atoms with van der Waals surface area (Å²) in [7, 11) is 0. The van der Waals surface area contributed by atoms with E-state index in [2.05, 4.69) is 9.88 Å². The molecule has 6 rings (SSSR count). The molecule has 4 aromatic rings. The number of piperazine rings is 1. The van der Waals surface area contributed by atoms with Crippen LogP contribution >= 0.6 is 11.6 Å². The summed E-state index contributed by atoms with van der Waals surface area (Å²) in [5.74, 6) is -1.14. The van der Waals surface area contributed by atoms with Gasteiger partial charge in [0.25, 0.3) is 0 Å². The van der Waals surface area contributed by atoms with Crippen molar-refractivity contribution in [1.29, 1.82) is 0 Å². The Balaban J connectivity index is 1.32. The van der Waals surface area contributed by atoms with Crippen molar-refractivity contribution in [3.05, 3.63) is 75.4 Å². The number of carbonyl (C=O) groups is 1. The summed E-state index contributed by atoms with van der Waals surface area (Å²) in [6, 6.07) is 10.9. The van der Waals surface area contributed by atoms with Gasteiger partial charge in [-0.3, -0.25) is 9.78 Å². The second kappa shape index (κ2) is 9.34. The number of rotatable bonds is 5. The topological polar surface area (TPSA) is 67.7 Å². The van der Waals surface area contributed by atoms with Crippen LogP contribution in [0.15, 0.2) is 53.6 Å². The average Bonchev–Trinajstić information content (AvgIpc) is 3.74. The van der Waals surface area contributed by atoms with E-state index in [-0.39, 0.29) is 23.6 Å². The number of hydrogen-bond acceptors (Lipinski definition) is 6. The number of ether oxygens (including phenoxy) is 1. The fourth-order valence-electron chi connectivity index (χ4n) is 5.18. The molecule has 2 aromatic carbocycles. The normalized spacial score (nSPS) is 16.0. The van der Waals surface area contributed by atoms with Gasteiger partial charge in [-0.2, -0.15) is 0 Å². The lowest BCUT2D eigenvalue weighted by Gasteiger charge is -2.38. The first-order valence-electron chi connectivity index (χ1n) is 12.5. The van der Waals surface area contributed by atoms with E-state index in [1.165, 1.54) is 6.07 Å². The number of nitrogens with zero attached hydrogens (tertiary/aromatic N) is 4. The molecule has 0 atom stereocenters. The van der Waals surface area contributed by atoms with Gasteiger partial charge in [0.15, 0.2) is 0 Å². The molecule has 0 amide bonds. The Kier molecular flexibility index (Phi) is 5.99. The van der Waals surface area contributed by atoms with E-state index in [1.807, 2.05) is 33.7 Å². The Labute approximate surface area is 218 Å². The number of hydrogen-bond donors (Lipinski definition) is 0. The number of anilines is 2. The van der Waals surface area contributed by atoms with Gasteiger partial charge >= 0.3 is 5.97 Å². The molecule has 0 bridgehead atoms. The van der Waals surface area contributed by atoms with Crippen LogP contribution in [0.4, 0.5) is 15.8 Å². The molecule has 0 unspecified atom stereocenters. The van der Waals surface area contributed by atoms with Crippen LogP contribution in [0.25, 0.3) is 21.8 Å².